The molecular weight excluding hydrogens is 466 g/mol. The molecule has 11 nitrogen and oxygen atoms in total. The number of fused-ring (bicyclic) bond motifs is 2. The number of nitrogens with two attached hydrogens (primary N) is 1. The molecule has 4 rings (SSSR count). The molecular formula is C25H27N5O6. The highest BCUT2D eigenvalue weighted by atomic mass is 16.5. The molecule has 3 aromatic heterocycles. The molecule has 3 heterocycles. The number of ether oxygens (including phenoxy) is 2. The molecule has 0 aliphatic carbocycles. The third-order valence-electron chi connectivity index (χ3n) is 5.65. The molecule has 188 valence electrons. The van der Waals surface area contributed by atoms with Crippen LogP contribution in [-0.4, -0.2) is 38.3 Å². The van der Waals surface area contributed by atoms with E-state index < -0.39 is 11.9 Å². The molecule has 0 radical (unpaired) electrons. The Hall–Kier alpha value is -4.28. The van der Waals surface area contributed by atoms with Crippen molar-refractivity contribution >= 4 is 39.6 Å². The molecule has 0 spiro atoms. The first-order valence-corrected chi connectivity index (χ1v) is 11.7. The molecule has 0 bridgehead atoms. The number of carbonyl (C=O) groups is 2. The number of rotatable bonds is 9. The summed E-state index contributed by atoms with van der Waals surface area (Å²) in [7, 11) is 0. The van der Waals surface area contributed by atoms with E-state index >= 15 is 0 Å². The van der Waals surface area contributed by atoms with E-state index in [-0.39, 0.29) is 52.8 Å². The zero-order valence-corrected chi connectivity index (χ0v) is 20.4. The van der Waals surface area contributed by atoms with Gasteiger partial charge in [0.15, 0.2) is 18.1 Å². The van der Waals surface area contributed by atoms with Crippen molar-refractivity contribution in [2.24, 2.45) is 0 Å². The maximum atomic E-state index is 13.0. The van der Waals surface area contributed by atoms with Crippen LogP contribution in [0.4, 0.5) is 5.82 Å². The number of nitrogen functional groups attached to an aromatic ring is 1. The van der Waals surface area contributed by atoms with Gasteiger partial charge < -0.3 is 19.6 Å². The lowest BCUT2D eigenvalue weighted by Crippen LogP contribution is -2.26. The van der Waals surface area contributed by atoms with Crippen molar-refractivity contribution < 1.29 is 23.5 Å². The number of aryl methyl sites for hydroxylation is 2. The molecule has 11 heteroatoms. The topological polar surface area (TPSA) is 152 Å². The van der Waals surface area contributed by atoms with Crippen LogP contribution in [0.15, 0.2) is 33.5 Å². The van der Waals surface area contributed by atoms with Gasteiger partial charge in [-0.05, 0) is 26.3 Å². The molecule has 0 unspecified atom stereocenters. The molecule has 0 saturated carbocycles. The van der Waals surface area contributed by atoms with Crippen LogP contribution in [0.3, 0.4) is 0 Å². The first-order valence-electron chi connectivity index (χ1n) is 11.7. The maximum absolute atomic E-state index is 13.0. The van der Waals surface area contributed by atoms with Crippen molar-refractivity contribution in [1.82, 2.24) is 19.7 Å². The highest BCUT2D eigenvalue weighted by Crippen LogP contribution is 2.29. The van der Waals surface area contributed by atoms with Crippen LogP contribution < -0.4 is 11.3 Å². The van der Waals surface area contributed by atoms with E-state index in [9.17, 15) is 14.4 Å². The minimum atomic E-state index is -0.736. The number of benzene rings is 1. The second-order valence-electron chi connectivity index (χ2n) is 8.16. The standard InChI is InChI=1S/C25H27N5O6/c1-4-6-9-12-30-23(31)16-11-8-7-10-15(16)20(29-30)25(33)35-13-17-27-21(26)19-18(24(32)34-5-2)14(3)36-22(19)28-17/h7-8,10-11H,4-6,9,12-13H2,1-3H3,(H2,26,27,28). The van der Waals surface area contributed by atoms with Crippen LogP contribution in [0, 0.1) is 6.92 Å². The van der Waals surface area contributed by atoms with Crippen molar-refractivity contribution in [3.63, 3.8) is 0 Å². The third-order valence-corrected chi connectivity index (χ3v) is 5.65. The van der Waals surface area contributed by atoms with Crippen molar-refractivity contribution in [1.29, 1.82) is 0 Å². The summed E-state index contributed by atoms with van der Waals surface area (Å²) < 4.78 is 17.4. The summed E-state index contributed by atoms with van der Waals surface area (Å²) in [6, 6.07) is 6.76. The highest BCUT2D eigenvalue weighted by molar-refractivity contribution is 6.07. The number of hydrogen-bond donors (Lipinski definition) is 1. The van der Waals surface area contributed by atoms with Gasteiger partial charge in [0, 0.05) is 11.9 Å². The van der Waals surface area contributed by atoms with Gasteiger partial charge in [-0.25, -0.2) is 19.3 Å². The third kappa shape index (κ3) is 4.77. The van der Waals surface area contributed by atoms with E-state index in [1.807, 2.05) is 0 Å². The van der Waals surface area contributed by atoms with E-state index in [2.05, 4.69) is 22.0 Å². The predicted molar refractivity (Wildman–Crippen MR) is 132 cm³/mol. The average molecular weight is 494 g/mol. The SMILES string of the molecule is CCCCCn1nc(C(=O)OCc2nc(N)c3c(C(=O)OCC)c(C)oc3n2)c2ccccc2c1=O. The molecule has 1 aromatic carbocycles. The van der Waals surface area contributed by atoms with Gasteiger partial charge in [-0.15, -0.1) is 0 Å². The fraction of sp³-hybridized carbons (Fsp3) is 0.360. The van der Waals surface area contributed by atoms with E-state index in [4.69, 9.17) is 19.6 Å². The van der Waals surface area contributed by atoms with Gasteiger partial charge in [-0.2, -0.15) is 10.1 Å². The van der Waals surface area contributed by atoms with E-state index in [0.717, 1.165) is 19.3 Å². The fourth-order valence-electron chi connectivity index (χ4n) is 3.94. The highest BCUT2D eigenvalue weighted by Gasteiger charge is 2.24. The molecule has 0 aliphatic heterocycles. The van der Waals surface area contributed by atoms with Gasteiger partial charge in [0.2, 0.25) is 5.71 Å². The largest absolute Gasteiger partial charge is 0.462 e. The Morgan fingerprint density at radius 3 is 2.53 bits per heavy atom. The minimum Gasteiger partial charge on any atom is -0.462 e. The summed E-state index contributed by atoms with van der Waals surface area (Å²) in [5.41, 5.74) is 6.09. The van der Waals surface area contributed by atoms with Crippen LogP contribution in [0.1, 0.15) is 65.5 Å². The summed E-state index contributed by atoms with van der Waals surface area (Å²) in [6.07, 6.45) is 2.69. The Morgan fingerprint density at radius 2 is 1.81 bits per heavy atom. The molecule has 2 N–H and O–H groups in total. The Labute approximate surface area is 206 Å². The fourth-order valence-corrected chi connectivity index (χ4v) is 3.94. The van der Waals surface area contributed by atoms with Gasteiger partial charge in [0.25, 0.3) is 5.56 Å². The zero-order valence-electron chi connectivity index (χ0n) is 20.4. The van der Waals surface area contributed by atoms with Crippen molar-refractivity contribution in [3.8, 4) is 0 Å². The van der Waals surface area contributed by atoms with Gasteiger partial charge in [0.1, 0.15) is 17.1 Å². The van der Waals surface area contributed by atoms with Crippen LogP contribution in [0.2, 0.25) is 0 Å². The summed E-state index contributed by atoms with van der Waals surface area (Å²) in [5, 5.41) is 5.32. The number of esters is 2. The van der Waals surface area contributed by atoms with Crippen molar-refractivity contribution in [3.05, 3.63) is 57.5 Å². The van der Waals surface area contributed by atoms with Crippen LogP contribution >= 0.6 is 0 Å². The smallest absolute Gasteiger partial charge is 0.359 e. The maximum Gasteiger partial charge on any atom is 0.359 e. The normalized spacial score (nSPS) is 11.2. The minimum absolute atomic E-state index is 0.000925. The number of hydrogen-bond acceptors (Lipinski definition) is 10. The van der Waals surface area contributed by atoms with E-state index in [0.29, 0.717) is 23.1 Å². The van der Waals surface area contributed by atoms with Crippen LogP contribution in [-0.2, 0) is 22.6 Å². The molecule has 0 atom stereocenters. The van der Waals surface area contributed by atoms with Crippen molar-refractivity contribution in [2.75, 3.05) is 12.3 Å². The monoisotopic (exact) mass is 493 g/mol. The lowest BCUT2D eigenvalue weighted by atomic mass is 10.1. The Balaban J connectivity index is 1.62. The second kappa shape index (κ2) is 10.5. The Kier molecular flexibility index (Phi) is 7.28. The Bertz CT molecular complexity index is 1510. The number of furan rings is 1. The summed E-state index contributed by atoms with van der Waals surface area (Å²) >= 11 is 0. The van der Waals surface area contributed by atoms with Crippen LogP contribution in [0.25, 0.3) is 21.9 Å². The number of anilines is 1. The van der Waals surface area contributed by atoms with E-state index in [1.54, 1.807) is 38.1 Å². The van der Waals surface area contributed by atoms with E-state index in [1.165, 1.54) is 4.68 Å². The quantitative estimate of drug-likeness (QED) is 0.270. The zero-order chi connectivity index (χ0) is 25.8. The Morgan fingerprint density at radius 1 is 1.06 bits per heavy atom. The van der Waals surface area contributed by atoms with Crippen LogP contribution in [0.5, 0.6) is 0 Å². The lowest BCUT2D eigenvalue weighted by molar-refractivity contribution is 0.0454. The summed E-state index contributed by atoms with van der Waals surface area (Å²) in [4.78, 5) is 46.6. The first kappa shape index (κ1) is 24.8. The number of unbranched alkanes of at least 4 members (excludes halogenated alkanes) is 2. The van der Waals surface area contributed by atoms with Gasteiger partial charge in [-0.1, -0.05) is 38.0 Å². The molecule has 0 fully saturated rings. The summed E-state index contributed by atoms with van der Waals surface area (Å²) in [5.74, 6) is -0.951. The predicted octanol–water partition coefficient (Wildman–Crippen LogP) is 3.55. The van der Waals surface area contributed by atoms with Gasteiger partial charge >= 0.3 is 11.9 Å². The lowest BCUT2D eigenvalue weighted by Gasteiger charge is -2.11. The molecule has 36 heavy (non-hydrogen) atoms. The second-order valence-corrected chi connectivity index (χ2v) is 8.16. The van der Waals surface area contributed by atoms with Gasteiger partial charge in [0.05, 0.1) is 17.4 Å². The molecule has 0 aliphatic rings. The number of nitrogens with zero attached hydrogens (tertiary/aromatic N) is 4. The first-order chi connectivity index (χ1) is 17.3. The molecule has 0 amide bonds. The molecule has 0 saturated heterocycles. The summed E-state index contributed by atoms with van der Waals surface area (Å²) in [6.45, 7) is 5.62. The van der Waals surface area contributed by atoms with Gasteiger partial charge in [-0.3, -0.25) is 4.79 Å². The van der Waals surface area contributed by atoms with Crippen molar-refractivity contribution in [2.45, 2.75) is 53.2 Å². The number of aromatic nitrogens is 4. The molecule has 4 aromatic rings. The number of carbonyl (C=O) groups excluding carboxylic acids is 2. The average Bonchev–Trinajstić information content (AvgIpc) is 3.20.